The van der Waals surface area contributed by atoms with E-state index in [-0.39, 0.29) is 11.1 Å². The van der Waals surface area contributed by atoms with Crippen molar-refractivity contribution in [2.75, 3.05) is 0 Å². The highest BCUT2D eigenvalue weighted by Crippen LogP contribution is 2.42. The molecule has 0 unspecified atom stereocenters. The molecule has 0 saturated carbocycles. The highest BCUT2D eigenvalue weighted by atomic mass is 19.4. The fraction of sp³-hybridized carbons (Fsp3) is 0.0196. The van der Waals surface area contributed by atoms with Crippen molar-refractivity contribution in [3.8, 4) is 63.1 Å². The molecule has 0 atom stereocenters. The van der Waals surface area contributed by atoms with Crippen LogP contribution in [0.5, 0.6) is 0 Å². The third-order valence-corrected chi connectivity index (χ3v) is 11.1. The van der Waals surface area contributed by atoms with Crippen molar-refractivity contribution in [2.24, 2.45) is 0 Å². The van der Waals surface area contributed by atoms with E-state index in [0.717, 1.165) is 78.0 Å². The van der Waals surface area contributed by atoms with E-state index < -0.39 is 11.7 Å². The number of fused-ring (bicyclic) bond motifs is 6. The van der Waals surface area contributed by atoms with Gasteiger partial charge < -0.3 is 4.57 Å². The summed E-state index contributed by atoms with van der Waals surface area (Å²) in [5, 5.41) is 32.6. The third-order valence-electron chi connectivity index (χ3n) is 11.1. The van der Waals surface area contributed by atoms with Gasteiger partial charge in [0, 0.05) is 27.1 Å². The molecule has 0 aliphatic rings. The minimum absolute atomic E-state index is 0.126. The van der Waals surface area contributed by atoms with Crippen LogP contribution in [0, 0.1) is 34.0 Å². The Kier molecular flexibility index (Phi) is 8.31. The van der Waals surface area contributed by atoms with Crippen LogP contribution in [0.15, 0.2) is 164 Å². The number of alkyl halides is 3. The van der Waals surface area contributed by atoms with E-state index in [1.807, 2.05) is 118 Å². The Labute approximate surface area is 341 Å². The zero-order valence-electron chi connectivity index (χ0n) is 31.4. The summed E-state index contributed by atoms with van der Waals surface area (Å²) in [6, 6.07) is 54.2. The summed E-state index contributed by atoms with van der Waals surface area (Å²) in [6.07, 6.45) is -3.02. The maximum Gasteiger partial charge on any atom is 0.416 e. The molecule has 0 amide bonds. The molecule has 3 aromatic heterocycles. The number of halogens is 3. The van der Waals surface area contributed by atoms with Gasteiger partial charge in [-0.3, -0.25) is 4.57 Å². The fourth-order valence-corrected chi connectivity index (χ4v) is 8.26. The molecule has 0 saturated heterocycles. The number of rotatable bonds is 5. The second-order valence-electron chi connectivity index (χ2n) is 14.5. The van der Waals surface area contributed by atoms with E-state index in [1.54, 1.807) is 36.5 Å². The molecular weight excluding hydrogens is 754 g/mol. The molecule has 6 nitrogen and oxygen atoms in total. The lowest BCUT2D eigenvalue weighted by molar-refractivity contribution is -0.137. The summed E-state index contributed by atoms with van der Waals surface area (Å²) in [5.74, 6) is 0.465. The Morgan fingerprint density at radius 1 is 0.433 bits per heavy atom. The van der Waals surface area contributed by atoms with E-state index in [1.165, 1.54) is 6.07 Å². The van der Waals surface area contributed by atoms with E-state index in [9.17, 15) is 29.0 Å². The first-order chi connectivity index (χ1) is 29.2. The molecule has 10 rings (SSSR count). The first-order valence-corrected chi connectivity index (χ1v) is 18.9. The van der Waals surface area contributed by atoms with E-state index >= 15 is 0 Å². The summed E-state index contributed by atoms with van der Waals surface area (Å²) in [4.78, 5) is 5.10. The number of nitrogens with zero attached hydrogens (tertiary/aromatic N) is 6. The normalized spacial score (nSPS) is 11.5. The number of nitriles is 3. The van der Waals surface area contributed by atoms with Gasteiger partial charge in [0.1, 0.15) is 5.82 Å². The third kappa shape index (κ3) is 5.91. The Balaban J connectivity index is 1.27. The number of aromatic nitrogens is 3. The molecule has 0 bridgehead atoms. The molecule has 60 heavy (non-hydrogen) atoms. The average Bonchev–Trinajstić information content (AvgIpc) is 3.80. The van der Waals surface area contributed by atoms with Crippen molar-refractivity contribution in [3.63, 3.8) is 0 Å². The first kappa shape index (κ1) is 35.9. The summed E-state index contributed by atoms with van der Waals surface area (Å²) < 4.78 is 47.7. The quantitative estimate of drug-likeness (QED) is 0.174. The topological polar surface area (TPSA) is 94.1 Å². The minimum Gasteiger partial charge on any atom is -0.307 e. The molecule has 3 heterocycles. The standard InChI is InChI=1S/C51H27F3N6/c52-51(53,54)39-22-33(29-57)21-38(23-39)44-26-50(60-46-8-4-2-6-41(46)43-20-18-37(25-48(43)60)35-15-11-32(28-56)12-16-35)58-30-49(44)59-45-7-3-1-5-40(45)42-19-17-36(24-47(42)59)34-13-9-31(27-55)10-14-34/h1-26,30H. The summed E-state index contributed by atoms with van der Waals surface area (Å²) in [5.41, 5.74) is 8.07. The second kappa shape index (κ2) is 13.9. The van der Waals surface area contributed by atoms with Gasteiger partial charge in [-0.2, -0.15) is 29.0 Å². The Bertz CT molecular complexity index is 3500. The highest BCUT2D eigenvalue weighted by molar-refractivity contribution is 6.12. The van der Waals surface area contributed by atoms with Crippen LogP contribution in [0.1, 0.15) is 22.3 Å². The number of pyridine rings is 1. The predicted octanol–water partition coefficient (Wildman–Crippen LogP) is 12.9. The minimum atomic E-state index is -4.71. The Morgan fingerprint density at radius 3 is 1.45 bits per heavy atom. The lowest BCUT2D eigenvalue weighted by Crippen LogP contribution is -2.07. The maximum atomic E-state index is 14.6. The summed E-state index contributed by atoms with van der Waals surface area (Å²) >= 11 is 0. The van der Waals surface area contributed by atoms with E-state index in [2.05, 4.69) is 18.2 Å². The maximum absolute atomic E-state index is 14.6. The fourth-order valence-electron chi connectivity index (χ4n) is 8.26. The van der Waals surface area contributed by atoms with Crippen LogP contribution >= 0.6 is 0 Å². The van der Waals surface area contributed by atoms with Gasteiger partial charge in [0.15, 0.2) is 0 Å². The van der Waals surface area contributed by atoms with Crippen molar-refractivity contribution in [2.45, 2.75) is 6.18 Å². The molecule has 0 fully saturated rings. The van der Waals surface area contributed by atoms with Crippen molar-refractivity contribution in [1.82, 2.24) is 14.1 Å². The summed E-state index contributed by atoms with van der Waals surface area (Å²) in [6.45, 7) is 0. The van der Waals surface area contributed by atoms with Crippen LogP contribution in [0.3, 0.4) is 0 Å². The van der Waals surface area contributed by atoms with Crippen LogP contribution in [0.4, 0.5) is 13.2 Å². The monoisotopic (exact) mass is 780 g/mol. The average molecular weight is 781 g/mol. The second-order valence-corrected chi connectivity index (χ2v) is 14.5. The molecule has 0 spiro atoms. The molecule has 0 aliphatic carbocycles. The van der Waals surface area contributed by atoms with Gasteiger partial charge in [0.2, 0.25) is 0 Å². The number of hydrogen-bond acceptors (Lipinski definition) is 4. The van der Waals surface area contributed by atoms with Crippen molar-refractivity contribution >= 4 is 43.6 Å². The molecule has 9 heteroatoms. The van der Waals surface area contributed by atoms with E-state index in [4.69, 9.17) is 4.98 Å². The Morgan fingerprint density at radius 2 is 0.917 bits per heavy atom. The molecular formula is C51H27F3N6. The first-order valence-electron chi connectivity index (χ1n) is 18.9. The van der Waals surface area contributed by atoms with Crippen LogP contribution in [0.25, 0.3) is 88.5 Å². The molecule has 10 aromatic rings. The lowest BCUT2D eigenvalue weighted by Gasteiger charge is -2.18. The molecule has 0 N–H and O–H groups in total. The smallest absolute Gasteiger partial charge is 0.307 e. The van der Waals surface area contributed by atoms with Gasteiger partial charge in [-0.15, -0.1) is 0 Å². The largest absolute Gasteiger partial charge is 0.416 e. The Hall–Kier alpha value is -8.45. The van der Waals surface area contributed by atoms with Crippen LogP contribution < -0.4 is 0 Å². The number of benzene rings is 7. The van der Waals surface area contributed by atoms with Gasteiger partial charge in [-0.25, -0.2) is 4.98 Å². The van der Waals surface area contributed by atoms with Crippen LogP contribution in [-0.4, -0.2) is 14.1 Å². The molecule has 7 aromatic carbocycles. The van der Waals surface area contributed by atoms with Crippen molar-refractivity contribution in [1.29, 1.82) is 15.8 Å². The van der Waals surface area contributed by atoms with Gasteiger partial charge in [0.25, 0.3) is 0 Å². The van der Waals surface area contributed by atoms with Crippen molar-refractivity contribution < 1.29 is 13.2 Å². The lowest BCUT2D eigenvalue weighted by atomic mass is 9.98. The van der Waals surface area contributed by atoms with Gasteiger partial charge in [-0.05, 0) is 101 Å². The summed E-state index contributed by atoms with van der Waals surface area (Å²) in [7, 11) is 0. The van der Waals surface area contributed by atoms with Gasteiger partial charge in [-0.1, -0.05) is 84.9 Å². The number of para-hydroxylation sites is 2. The zero-order valence-corrected chi connectivity index (χ0v) is 31.4. The SMILES string of the molecule is N#Cc1ccc(-c2ccc3c4ccccc4n(-c4cc(-c5cc(C#N)cc(C(F)(F)F)c5)c(-n5c6ccccc6c6ccc(-c7ccc(C#N)cc7)cc65)cn4)c3c2)cc1. The van der Waals surface area contributed by atoms with E-state index in [0.29, 0.717) is 28.2 Å². The van der Waals surface area contributed by atoms with Crippen molar-refractivity contribution in [3.05, 3.63) is 186 Å². The molecule has 282 valence electrons. The zero-order chi connectivity index (χ0) is 41.1. The molecule has 0 aliphatic heterocycles. The van der Waals surface area contributed by atoms with Crippen LogP contribution in [0.2, 0.25) is 0 Å². The molecule has 0 radical (unpaired) electrons. The highest BCUT2D eigenvalue weighted by Gasteiger charge is 2.32. The van der Waals surface area contributed by atoms with Gasteiger partial charge in [0.05, 0.1) is 74.4 Å². The number of hydrogen-bond donors (Lipinski definition) is 0. The van der Waals surface area contributed by atoms with Crippen LogP contribution in [-0.2, 0) is 6.18 Å². The predicted molar refractivity (Wildman–Crippen MR) is 228 cm³/mol. The van der Waals surface area contributed by atoms with Gasteiger partial charge >= 0.3 is 6.18 Å².